The van der Waals surface area contributed by atoms with Crippen molar-refractivity contribution in [2.75, 3.05) is 0 Å². The lowest BCUT2D eigenvalue weighted by Gasteiger charge is -2.11. The van der Waals surface area contributed by atoms with E-state index in [1.54, 1.807) is 0 Å². The van der Waals surface area contributed by atoms with E-state index in [1.165, 1.54) is 38.5 Å². The van der Waals surface area contributed by atoms with Gasteiger partial charge in [0.25, 0.3) is 0 Å². The Kier molecular flexibility index (Phi) is 5.07. The topological polar surface area (TPSA) is 12.5 Å². The fourth-order valence-electron chi connectivity index (χ4n) is 2.11. The first kappa shape index (κ1) is 13.0. The van der Waals surface area contributed by atoms with E-state index in [0.29, 0.717) is 11.8 Å². The minimum absolute atomic E-state index is 0.621. The summed E-state index contributed by atoms with van der Waals surface area (Å²) in [5.41, 5.74) is 0.658. The van der Waals surface area contributed by atoms with Crippen molar-refractivity contribution in [2.24, 2.45) is 0 Å². The van der Waals surface area contributed by atoms with Gasteiger partial charge < -0.3 is 4.74 Å². The van der Waals surface area contributed by atoms with Crippen LogP contribution in [0.4, 0.5) is 0 Å². The third-order valence-electron chi connectivity index (χ3n) is 3.08. The van der Waals surface area contributed by atoms with Crippen LogP contribution in [0.3, 0.4) is 0 Å². The van der Waals surface area contributed by atoms with Crippen LogP contribution in [0.15, 0.2) is 12.7 Å². The van der Waals surface area contributed by atoms with Crippen LogP contribution in [0.25, 0.3) is 0 Å². The second-order valence-corrected chi connectivity index (χ2v) is 11.0. The standard InChI is InChI=1S/C13H26OSi/c1-5-6-7-8-9-10-11-12-13(14-12)15(2,3)4/h5,12-13H,1,6-11H2,2-4H3/t12-,13-/m0/s1. The Morgan fingerprint density at radius 3 is 2.33 bits per heavy atom. The lowest BCUT2D eigenvalue weighted by molar-refractivity contribution is 0.377. The molecule has 0 unspecified atom stereocenters. The van der Waals surface area contributed by atoms with Crippen LogP contribution in [0.2, 0.25) is 19.6 Å². The third kappa shape index (κ3) is 4.98. The van der Waals surface area contributed by atoms with E-state index in [4.69, 9.17) is 4.74 Å². The van der Waals surface area contributed by atoms with Gasteiger partial charge in [-0.25, -0.2) is 0 Å². The Hall–Kier alpha value is -0.0831. The molecule has 0 N–H and O–H groups in total. The van der Waals surface area contributed by atoms with E-state index < -0.39 is 8.07 Å². The first-order valence-electron chi connectivity index (χ1n) is 6.32. The van der Waals surface area contributed by atoms with Crippen molar-refractivity contribution in [3.05, 3.63) is 12.7 Å². The third-order valence-corrected chi connectivity index (χ3v) is 5.30. The summed E-state index contributed by atoms with van der Waals surface area (Å²) >= 11 is 0. The summed E-state index contributed by atoms with van der Waals surface area (Å²) < 4.78 is 5.75. The van der Waals surface area contributed by atoms with Crippen LogP contribution in [0.1, 0.15) is 38.5 Å². The maximum Gasteiger partial charge on any atom is 0.0819 e. The van der Waals surface area contributed by atoms with Gasteiger partial charge in [0, 0.05) is 0 Å². The van der Waals surface area contributed by atoms with Gasteiger partial charge >= 0.3 is 0 Å². The zero-order valence-corrected chi connectivity index (χ0v) is 11.6. The highest BCUT2D eigenvalue weighted by Crippen LogP contribution is 2.34. The molecule has 2 heteroatoms. The van der Waals surface area contributed by atoms with E-state index in [-0.39, 0.29) is 0 Å². The lowest BCUT2D eigenvalue weighted by Crippen LogP contribution is -2.30. The number of unbranched alkanes of at least 4 members (excludes halogenated alkanes) is 4. The van der Waals surface area contributed by atoms with Gasteiger partial charge in [-0.1, -0.05) is 45.0 Å². The molecule has 0 aromatic carbocycles. The molecule has 0 amide bonds. The number of ether oxygens (including phenoxy) is 1. The fourth-order valence-corrected chi connectivity index (χ4v) is 3.98. The van der Waals surface area contributed by atoms with Gasteiger partial charge in [0.2, 0.25) is 0 Å². The highest BCUT2D eigenvalue weighted by Gasteiger charge is 2.47. The van der Waals surface area contributed by atoms with Gasteiger partial charge in [0.15, 0.2) is 0 Å². The molecule has 0 aliphatic carbocycles. The molecular formula is C13H26OSi. The van der Waals surface area contributed by atoms with Crippen molar-refractivity contribution < 1.29 is 4.74 Å². The van der Waals surface area contributed by atoms with Crippen molar-refractivity contribution >= 4 is 8.07 Å². The zero-order valence-electron chi connectivity index (χ0n) is 10.6. The average molecular weight is 226 g/mol. The summed E-state index contributed by atoms with van der Waals surface area (Å²) in [5.74, 6) is 0. The van der Waals surface area contributed by atoms with E-state index in [0.717, 1.165) is 0 Å². The molecule has 1 aliphatic rings. The number of allylic oxidation sites excluding steroid dienone is 1. The number of epoxide rings is 1. The molecule has 0 aromatic heterocycles. The van der Waals surface area contributed by atoms with Gasteiger partial charge in [-0.2, -0.15) is 0 Å². The molecule has 15 heavy (non-hydrogen) atoms. The first-order chi connectivity index (χ1) is 7.05. The Labute approximate surface area is 95.9 Å². The number of hydrogen-bond acceptors (Lipinski definition) is 1. The molecule has 1 fully saturated rings. The molecular weight excluding hydrogens is 200 g/mol. The Bertz CT molecular complexity index is 195. The normalized spacial score (nSPS) is 25.3. The van der Waals surface area contributed by atoms with Gasteiger partial charge in [0.05, 0.1) is 19.9 Å². The molecule has 0 bridgehead atoms. The first-order valence-corrected chi connectivity index (χ1v) is 9.90. The molecule has 1 rings (SSSR count). The Morgan fingerprint density at radius 2 is 1.80 bits per heavy atom. The number of hydrogen-bond donors (Lipinski definition) is 0. The second-order valence-electron chi connectivity index (χ2n) is 5.74. The van der Waals surface area contributed by atoms with Crippen LogP contribution in [0, 0.1) is 0 Å². The van der Waals surface area contributed by atoms with Crippen LogP contribution in [-0.4, -0.2) is 19.9 Å². The SMILES string of the molecule is C=CCCCCCC[C@@H]1O[C@H]1[Si](C)(C)C. The molecule has 1 saturated heterocycles. The molecule has 0 saturated carbocycles. The van der Waals surface area contributed by atoms with Gasteiger partial charge in [-0.05, 0) is 19.3 Å². The summed E-state index contributed by atoms with van der Waals surface area (Å²) in [6.07, 6.45) is 10.5. The predicted molar refractivity (Wildman–Crippen MR) is 69.9 cm³/mol. The predicted octanol–water partition coefficient (Wildman–Crippen LogP) is 4.16. The van der Waals surface area contributed by atoms with Crippen molar-refractivity contribution in [2.45, 2.75) is 70.0 Å². The summed E-state index contributed by atoms with van der Waals surface area (Å²) in [5, 5.41) is 0. The maximum atomic E-state index is 5.75. The summed E-state index contributed by atoms with van der Waals surface area (Å²) in [6, 6.07) is 0. The van der Waals surface area contributed by atoms with Crippen molar-refractivity contribution in [1.29, 1.82) is 0 Å². The monoisotopic (exact) mass is 226 g/mol. The van der Waals surface area contributed by atoms with Crippen molar-refractivity contribution in [3.63, 3.8) is 0 Å². The second kappa shape index (κ2) is 5.85. The smallest absolute Gasteiger partial charge is 0.0819 e. The van der Waals surface area contributed by atoms with E-state index in [1.807, 2.05) is 6.08 Å². The van der Waals surface area contributed by atoms with Crippen LogP contribution < -0.4 is 0 Å². The highest BCUT2D eigenvalue weighted by molar-refractivity contribution is 6.78. The van der Waals surface area contributed by atoms with Crippen LogP contribution in [0.5, 0.6) is 0 Å². The molecule has 0 spiro atoms. The van der Waals surface area contributed by atoms with E-state index >= 15 is 0 Å². The maximum absolute atomic E-state index is 5.75. The van der Waals surface area contributed by atoms with Gasteiger partial charge in [-0.15, -0.1) is 6.58 Å². The summed E-state index contributed by atoms with van der Waals surface area (Å²) in [7, 11) is -1.00. The fraction of sp³-hybridized carbons (Fsp3) is 0.846. The summed E-state index contributed by atoms with van der Waals surface area (Å²) in [4.78, 5) is 0. The van der Waals surface area contributed by atoms with Gasteiger partial charge in [0.1, 0.15) is 0 Å². The molecule has 0 radical (unpaired) electrons. The van der Waals surface area contributed by atoms with Crippen LogP contribution >= 0.6 is 0 Å². The van der Waals surface area contributed by atoms with Gasteiger partial charge in [-0.3, -0.25) is 0 Å². The zero-order chi connectivity index (χ0) is 11.3. The largest absolute Gasteiger partial charge is 0.373 e. The van der Waals surface area contributed by atoms with E-state index in [9.17, 15) is 0 Å². The van der Waals surface area contributed by atoms with E-state index in [2.05, 4.69) is 26.2 Å². The molecule has 0 aromatic rings. The molecule has 1 heterocycles. The van der Waals surface area contributed by atoms with Crippen LogP contribution in [-0.2, 0) is 4.74 Å². The van der Waals surface area contributed by atoms with Crippen molar-refractivity contribution in [3.8, 4) is 0 Å². The van der Waals surface area contributed by atoms with Crippen molar-refractivity contribution in [1.82, 2.24) is 0 Å². The number of rotatable bonds is 8. The molecule has 1 nitrogen and oxygen atoms in total. The molecule has 88 valence electrons. The quantitative estimate of drug-likeness (QED) is 0.262. The minimum Gasteiger partial charge on any atom is -0.373 e. The lowest BCUT2D eigenvalue weighted by atomic mass is 10.1. The summed E-state index contributed by atoms with van der Waals surface area (Å²) in [6.45, 7) is 11.0. The Balaban J connectivity index is 1.93. The molecule has 2 atom stereocenters. The minimum atomic E-state index is -1.00. The molecule has 1 aliphatic heterocycles. The Morgan fingerprint density at radius 1 is 1.13 bits per heavy atom. The average Bonchev–Trinajstić information content (AvgIpc) is 2.89. The highest BCUT2D eigenvalue weighted by atomic mass is 28.3.